The highest BCUT2D eigenvalue weighted by molar-refractivity contribution is 7.08. The van der Waals surface area contributed by atoms with Gasteiger partial charge in [0.15, 0.2) is 5.78 Å². The van der Waals surface area contributed by atoms with Crippen molar-refractivity contribution in [1.29, 1.82) is 0 Å². The molecule has 1 rings (SSSR count). The van der Waals surface area contributed by atoms with Crippen LogP contribution >= 0.6 is 11.3 Å². The number of hydrogen-bond acceptors (Lipinski definition) is 2. The Hall–Kier alpha value is -0.890. The average Bonchev–Trinajstić information content (AvgIpc) is 2.34. The van der Waals surface area contributed by atoms with Crippen LogP contribution in [0.15, 0.2) is 23.4 Å². The Balaban J connectivity index is 3.04. The number of ketones is 1. The standard InChI is InChI=1S/C8H8OS/c1-3-8(9)7-5-10-4-6(7)2/h3-5H,1H2,2H3. The normalized spacial score (nSPS) is 9.30. The van der Waals surface area contributed by atoms with Crippen molar-refractivity contribution in [3.8, 4) is 0 Å². The maximum Gasteiger partial charge on any atom is 0.186 e. The molecule has 0 spiro atoms. The summed E-state index contributed by atoms with van der Waals surface area (Å²) in [5.41, 5.74) is 1.81. The van der Waals surface area contributed by atoms with Crippen LogP contribution in [-0.2, 0) is 0 Å². The van der Waals surface area contributed by atoms with Gasteiger partial charge in [0.25, 0.3) is 0 Å². The second-order valence-corrected chi connectivity index (χ2v) is 2.78. The van der Waals surface area contributed by atoms with Crippen molar-refractivity contribution in [2.75, 3.05) is 0 Å². The van der Waals surface area contributed by atoms with Gasteiger partial charge in [-0.3, -0.25) is 4.79 Å². The van der Waals surface area contributed by atoms with Crippen molar-refractivity contribution in [2.45, 2.75) is 6.92 Å². The topological polar surface area (TPSA) is 17.1 Å². The summed E-state index contributed by atoms with van der Waals surface area (Å²) >= 11 is 1.54. The van der Waals surface area contributed by atoms with Crippen molar-refractivity contribution in [1.82, 2.24) is 0 Å². The lowest BCUT2D eigenvalue weighted by Crippen LogP contribution is -1.92. The van der Waals surface area contributed by atoms with Gasteiger partial charge in [0.1, 0.15) is 0 Å². The molecular formula is C8H8OS. The highest BCUT2D eigenvalue weighted by atomic mass is 32.1. The summed E-state index contributed by atoms with van der Waals surface area (Å²) in [6, 6.07) is 0. The SMILES string of the molecule is C=CC(=O)c1cscc1C. The van der Waals surface area contributed by atoms with E-state index in [0.717, 1.165) is 11.1 Å². The monoisotopic (exact) mass is 152 g/mol. The number of rotatable bonds is 2. The maximum absolute atomic E-state index is 11.0. The van der Waals surface area contributed by atoms with E-state index in [1.54, 1.807) is 11.3 Å². The lowest BCUT2D eigenvalue weighted by atomic mass is 10.1. The van der Waals surface area contributed by atoms with E-state index in [4.69, 9.17) is 0 Å². The quantitative estimate of drug-likeness (QED) is 0.470. The summed E-state index contributed by atoms with van der Waals surface area (Å²) in [7, 11) is 0. The second kappa shape index (κ2) is 2.80. The van der Waals surface area contributed by atoms with E-state index in [9.17, 15) is 4.79 Å². The van der Waals surface area contributed by atoms with E-state index in [2.05, 4.69) is 6.58 Å². The van der Waals surface area contributed by atoms with Crippen LogP contribution in [-0.4, -0.2) is 5.78 Å². The molecule has 0 radical (unpaired) electrons. The highest BCUT2D eigenvalue weighted by Gasteiger charge is 2.04. The fourth-order valence-electron chi connectivity index (χ4n) is 0.723. The summed E-state index contributed by atoms with van der Waals surface area (Å²) < 4.78 is 0. The van der Waals surface area contributed by atoms with Crippen molar-refractivity contribution < 1.29 is 4.79 Å². The third-order valence-corrected chi connectivity index (χ3v) is 2.17. The molecule has 0 saturated heterocycles. The van der Waals surface area contributed by atoms with Gasteiger partial charge in [0, 0.05) is 10.9 Å². The molecule has 1 heterocycles. The Labute approximate surface area is 64.0 Å². The van der Waals surface area contributed by atoms with Gasteiger partial charge in [-0.15, -0.1) is 0 Å². The summed E-state index contributed by atoms with van der Waals surface area (Å²) in [5, 5.41) is 3.80. The third-order valence-electron chi connectivity index (χ3n) is 1.31. The summed E-state index contributed by atoms with van der Waals surface area (Å²) in [6.45, 7) is 5.34. The molecule has 0 bridgehead atoms. The van der Waals surface area contributed by atoms with Crippen LogP contribution in [0.2, 0.25) is 0 Å². The van der Waals surface area contributed by atoms with Crippen molar-refractivity contribution in [3.05, 3.63) is 34.5 Å². The van der Waals surface area contributed by atoms with Gasteiger partial charge in [-0.05, 0) is 23.9 Å². The van der Waals surface area contributed by atoms with E-state index in [0.29, 0.717) is 0 Å². The van der Waals surface area contributed by atoms with Crippen LogP contribution in [0, 0.1) is 6.92 Å². The zero-order valence-electron chi connectivity index (χ0n) is 5.76. The number of allylic oxidation sites excluding steroid dienone is 1. The molecule has 10 heavy (non-hydrogen) atoms. The zero-order chi connectivity index (χ0) is 7.56. The Morgan fingerprint density at radius 2 is 2.40 bits per heavy atom. The molecule has 0 aliphatic carbocycles. The van der Waals surface area contributed by atoms with Crippen LogP contribution in [0.3, 0.4) is 0 Å². The lowest BCUT2D eigenvalue weighted by Gasteiger charge is -1.89. The van der Waals surface area contributed by atoms with Gasteiger partial charge in [-0.1, -0.05) is 6.58 Å². The predicted octanol–water partition coefficient (Wildman–Crippen LogP) is 2.43. The van der Waals surface area contributed by atoms with Crippen LogP contribution in [0.25, 0.3) is 0 Å². The largest absolute Gasteiger partial charge is 0.289 e. The minimum atomic E-state index is 0.0127. The molecule has 0 unspecified atom stereocenters. The summed E-state index contributed by atoms with van der Waals surface area (Å²) in [6.07, 6.45) is 1.34. The van der Waals surface area contributed by atoms with Gasteiger partial charge < -0.3 is 0 Å². The Kier molecular flexibility index (Phi) is 2.02. The predicted molar refractivity (Wildman–Crippen MR) is 43.6 cm³/mol. The Bertz CT molecular complexity index is 260. The first kappa shape index (κ1) is 7.22. The molecule has 1 nitrogen and oxygen atoms in total. The van der Waals surface area contributed by atoms with E-state index in [1.165, 1.54) is 6.08 Å². The minimum Gasteiger partial charge on any atom is -0.289 e. The first-order valence-electron chi connectivity index (χ1n) is 2.95. The molecule has 1 aromatic rings. The van der Waals surface area contributed by atoms with Crippen LogP contribution < -0.4 is 0 Å². The zero-order valence-corrected chi connectivity index (χ0v) is 6.57. The van der Waals surface area contributed by atoms with Gasteiger partial charge >= 0.3 is 0 Å². The smallest absolute Gasteiger partial charge is 0.186 e. The molecule has 0 N–H and O–H groups in total. The van der Waals surface area contributed by atoms with E-state index in [-0.39, 0.29) is 5.78 Å². The third kappa shape index (κ3) is 1.16. The molecule has 0 aliphatic heterocycles. The molecule has 0 amide bonds. The van der Waals surface area contributed by atoms with Crippen LogP contribution in [0.1, 0.15) is 15.9 Å². The fourth-order valence-corrected chi connectivity index (χ4v) is 1.56. The number of carbonyl (C=O) groups is 1. The van der Waals surface area contributed by atoms with Gasteiger partial charge in [-0.25, -0.2) is 0 Å². The first-order valence-corrected chi connectivity index (χ1v) is 3.89. The lowest BCUT2D eigenvalue weighted by molar-refractivity contribution is 0.104. The molecule has 0 saturated carbocycles. The highest BCUT2D eigenvalue weighted by Crippen LogP contribution is 2.13. The van der Waals surface area contributed by atoms with Crippen LogP contribution in [0.4, 0.5) is 0 Å². The molecule has 0 aliphatic rings. The molecule has 0 atom stereocenters. The molecule has 52 valence electrons. The number of carbonyl (C=O) groups excluding carboxylic acids is 1. The van der Waals surface area contributed by atoms with Gasteiger partial charge in [0.2, 0.25) is 0 Å². The molecule has 0 aromatic carbocycles. The fraction of sp³-hybridized carbons (Fsp3) is 0.125. The number of aryl methyl sites for hydroxylation is 1. The van der Waals surface area contributed by atoms with Crippen LogP contribution in [0.5, 0.6) is 0 Å². The maximum atomic E-state index is 11.0. The molecular weight excluding hydrogens is 144 g/mol. The number of thiophene rings is 1. The summed E-state index contributed by atoms with van der Waals surface area (Å²) in [5.74, 6) is 0.0127. The molecule has 1 aromatic heterocycles. The first-order chi connectivity index (χ1) is 4.75. The average molecular weight is 152 g/mol. The second-order valence-electron chi connectivity index (χ2n) is 2.04. The Morgan fingerprint density at radius 1 is 1.70 bits per heavy atom. The van der Waals surface area contributed by atoms with E-state index in [1.807, 2.05) is 17.7 Å². The van der Waals surface area contributed by atoms with Crippen molar-refractivity contribution >= 4 is 17.1 Å². The van der Waals surface area contributed by atoms with Crippen molar-refractivity contribution in [3.63, 3.8) is 0 Å². The van der Waals surface area contributed by atoms with Crippen molar-refractivity contribution in [2.24, 2.45) is 0 Å². The number of hydrogen-bond donors (Lipinski definition) is 0. The summed E-state index contributed by atoms with van der Waals surface area (Å²) in [4.78, 5) is 11.0. The minimum absolute atomic E-state index is 0.0127. The molecule has 0 fully saturated rings. The Morgan fingerprint density at radius 3 is 2.80 bits per heavy atom. The van der Waals surface area contributed by atoms with E-state index < -0.39 is 0 Å². The van der Waals surface area contributed by atoms with E-state index >= 15 is 0 Å². The van der Waals surface area contributed by atoms with Gasteiger partial charge in [0.05, 0.1) is 0 Å². The molecule has 2 heteroatoms. The van der Waals surface area contributed by atoms with Gasteiger partial charge in [-0.2, -0.15) is 11.3 Å².